The molecule has 2 aromatic rings. The standard InChI is InChI=1S/C21H25NO4/c1-21(2,3)26-20(24)22(4)15-14-16-10-12-18(13-11-16)25-19(23)17-8-6-5-7-9-17/h5-13H,14-15H2,1-4H3. The molecule has 0 radical (unpaired) electrons. The number of ether oxygens (including phenoxy) is 2. The first-order valence-electron chi connectivity index (χ1n) is 8.55. The predicted octanol–water partition coefficient (Wildman–Crippen LogP) is 4.32. The predicted molar refractivity (Wildman–Crippen MR) is 100 cm³/mol. The SMILES string of the molecule is CN(CCc1ccc(OC(=O)c2ccccc2)cc1)C(=O)OC(C)(C)C. The highest BCUT2D eigenvalue weighted by Crippen LogP contribution is 2.15. The molecule has 5 heteroatoms. The minimum absolute atomic E-state index is 0.342. The Kier molecular flexibility index (Phi) is 6.39. The number of esters is 1. The first-order valence-corrected chi connectivity index (χ1v) is 8.55. The molecule has 0 heterocycles. The molecule has 0 bridgehead atoms. The summed E-state index contributed by atoms with van der Waals surface area (Å²) in [5.74, 6) is 0.103. The summed E-state index contributed by atoms with van der Waals surface area (Å²) in [5.41, 5.74) is 1.05. The van der Waals surface area contributed by atoms with Gasteiger partial charge in [-0.2, -0.15) is 0 Å². The summed E-state index contributed by atoms with van der Waals surface area (Å²) in [4.78, 5) is 25.5. The van der Waals surface area contributed by atoms with Crippen molar-refractivity contribution in [2.75, 3.05) is 13.6 Å². The average molecular weight is 355 g/mol. The number of likely N-dealkylation sites (N-methyl/N-ethyl adjacent to an activating group) is 1. The maximum Gasteiger partial charge on any atom is 0.410 e. The van der Waals surface area contributed by atoms with Gasteiger partial charge in [0, 0.05) is 13.6 Å². The molecule has 1 amide bonds. The Morgan fingerprint density at radius 2 is 1.58 bits per heavy atom. The number of hydrogen-bond acceptors (Lipinski definition) is 4. The topological polar surface area (TPSA) is 55.8 Å². The first-order chi connectivity index (χ1) is 12.2. The lowest BCUT2D eigenvalue weighted by atomic mass is 10.1. The summed E-state index contributed by atoms with van der Waals surface area (Å²) < 4.78 is 10.7. The number of nitrogens with zero attached hydrogens (tertiary/aromatic N) is 1. The van der Waals surface area contributed by atoms with Gasteiger partial charge < -0.3 is 14.4 Å². The van der Waals surface area contributed by atoms with Crippen molar-refractivity contribution < 1.29 is 19.1 Å². The van der Waals surface area contributed by atoms with Crippen LogP contribution in [0.5, 0.6) is 5.75 Å². The molecule has 0 unspecified atom stereocenters. The van der Waals surface area contributed by atoms with E-state index in [-0.39, 0.29) is 12.1 Å². The Morgan fingerprint density at radius 3 is 2.15 bits per heavy atom. The molecule has 0 saturated carbocycles. The lowest BCUT2D eigenvalue weighted by molar-refractivity contribution is 0.0300. The highest BCUT2D eigenvalue weighted by atomic mass is 16.6. The van der Waals surface area contributed by atoms with E-state index >= 15 is 0 Å². The molecule has 5 nitrogen and oxygen atoms in total. The van der Waals surface area contributed by atoms with Gasteiger partial charge in [-0.1, -0.05) is 30.3 Å². The minimum Gasteiger partial charge on any atom is -0.444 e. The monoisotopic (exact) mass is 355 g/mol. The third-order valence-electron chi connectivity index (χ3n) is 3.58. The Hall–Kier alpha value is -2.82. The van der Waals surface area contributed by atoms with Crippen LogP contribution in [-0.4, -0.2) is 36.2 Å². The fourth-order valence-electron chi connectivity index (χ4n) is 2.19. The van der Waals surface area contributed by atoms with Crippen molar-refractivity contribution >= 4 is 12.1 Å². The maximum absolute atomic E-state index is 12.0. The van der Waals surface area contributed by atoms with Gasteiger partial charge in [-0.05, 0) is 57.0 Å². The summed E-state index contributed by atoms with van der Waals surface area (Å²) in [7, 11) is 1.71. The Labute approximate surface area is 154 Å². The zero-order valence-electron chi connectivity index (χ0n) is 15.7. The highest BCUT2D eigenvalue weighted by Gasteiger charge is 2.19. The number of carbonyl (C=O) groups excluding carboxylic acids is 2. The first kappa shape index (κ1) is 19.5. The number of rotatable bonds is 5. The van der Waals surface area contributed by atoms with Gasteiger partial charge in [0.25, 0.3) is 0 Å². The van der Waals surface area contributed by atoms with Gasteiger partial charge in [0.15, 0.2) is 0 Å². The minimum atomic E-state index is -0.504. The average Bonchev–Trinajstić information content (AvgIpc) is 2.60. The summed E-state index contributed by atoms with van der Waals surface area (Å²) in [6.45, 7) is 6.06. The van der Waals surface area contributed by atoms with E-state index in [1.54, 1.807) is 48.3 Å². The van der Waals surface area contributed by atoms with Crippen LogP contribution in [0.15, 0.2) is 54.6 Å². The second kappa shape index (κ2) is 8.52. The van der Waals surface area contributed by atoms with Crippen LogP contribution < -0.4 is 4.74 Å². The Balaban J connectivity index is 1.85. The van der Waals surface area contributed by atoms with Gasteiger partial charge >= 0.3 is 12.1 Å². The molecule has 2 rings (SSSR count). The van der Waals surface area contributed by atoms with Crippen LogP contribution in [-0.2, 0) is 11.2 Å². The third kappa shape index (κ3) is 6.24. The largest absolute Gasteiger partial charge is 0.444 e. The summed E-state index contributed by atoms with van der Waals surface area (Å²) in [6, 6.07) is 16.1. The maximum atomic E-state index is 12.0. The molecule has 0 saturated heterocycles. The zero-order chi connectivity index (χ0) is 19.2. The van der Waals surface area contributed by atoms with Crippen molar-refractivity contribution in [2.24, 2.45) is 0 Å². The van der Waals surface area contributed by atoms with E-state index < -0.39 is 5.60 Å². The van der Waals surface area contributed by atoms with Crippen molar-refractivity contribution in [3.05, 3.63) is 65.7 Å². The highest BCUT2D eigenvalue weighted by molar-refractivity contribution is 5.90. The summed E-state index contributed by atoms with van der Waals surface area (Å²) in [5, 5.41) is 0. The molecule has 26 heavy (non-hydrogen) atoms. The number of hydrogen-bond donors (Lipinski definition) is 0. The van der Waals surface area contributed by atoms with Crippen LogP contribution in [0, 0.1) is 0 Å². The molecule has 0 aliphatic heterocycles. The molecule has 0 aromatic heterocycles. The molecule has 0 fully saturated rings. The van der Waals surface area contributed by atoms with Gasteiger partial charge in [0.1, 0.15) is 11.4 Å². The third-order valence-corrected chi connectivity index (χ3v) is 3.58. The summed E-state index contributed by atoms with van der Waals surface area (Å²) in [6.07, 6.45) is 0.341. The molecule has 0 aliphatic rings. The van der Waals surface area contributed by atoms with E-state index in [1.807, 2.05) is 39.0 Å². The van der Waals surface area contributed by atoms with E-state index in [9.17, 15) is 9.59 Å². The van der Waals surface area contributed by atoms with Crippen LogP contribution >= 0.6 is 0 Å². The van der Waals surface area contributed by atoms with E-state index in [0.717, 1.165) is 5.56 Å². The summed E-state index contributed by atoms with van der Waals surface area (Å²) >= 11 is 0. The molecule has 138 valence electrons. The van der Waals surface area contributed by atoms with Crippen LogP contribution in [0.3, 0.4) is 0 Å². The van der Waals surface area contributed by atoms with Gasteiger partial charge in [0.05, 0.1) is 5.56 Å². The fourth-order valence-corrected chi connectivity index (χ4v) is 2.19. The van der Waals surface area contributed by atoms with Crippen molar-refractivity contribution in [1.82, 2.24) is 4.90 Å². The molecule has 0 spiro atoms. The van der Waals surface area contributed by atoms with Crippen LogP contribution in [0.4, 0.5) is 4.79 Å². The van der Waals surface area contributed by atoms with Crippen molar-refractivity contribution in [3.63, 3.8) is 0 Å². The van der Waals surface area contributed by atoms with Crippen LogP contribution in [0.2, 0.25) is 0 Å². The van der Waals surface area contributed by atoms with E-state index in [0.29, 0.717) is 24.3 Å². The van der Waals surface area contributed by atoms with Gasteiger partial charge in [-0.3, -0.25) is 0 Å². The van der Waals surface area contributed by atoms with E-state index in [2.05, 4.69) is 0 Å². The van der Waals surface area contributed by atoms with Gasteiger partial charge in [-0.15, -0.1) is 0 Å². The normalized spacial score (nSPS) is 10.9. The number of amides is 1. The van der Waals surface area contributed by atoms with Crippen molar-refractivity contribution in [1.29, 1.82) is 0 Å². The quantitative estimate of drug-likeness (QED) is 0.592. The Morgan fingerprint density at radius 1 is 0.962 bits per heavy atom. The van der Waals surface area contributed by atoms with Crippen molar-refractivity contribution in [2.45, 2.75) is 32.8 Å². The second-order valence-corrected chi connectivity index (χ2v) is 7.05. The number of carbonyl (C=O) groups is 2. The van der Waals surface area contributed by atoms with Gasteiger partial charge in [0.2, 0.25) is 0 Å². The van der Waals surface area contributed by atoms with Gasteiger partial charge in [-0.25, -0.2) is 9.59 Å². The molecule has 0 N–H and O–H groups in total. The van der Waals surface area contributed by atoms with E-state index in [4.69, 9.17) is 9.47 Å². The molecular weight excluding hydrogens is 330 g/mol. The molecular formula is C21H25NO4. The Bertz CT molecular complexity index is 733. The molecule has 0 aliphatic carbocycles. The second-order valence-electron chi connectivity index (χ2n) is 7.05. The lowest BCUT2D eigenvalue weighted by Crippen LogP contribution is -2.35. The van der Waals surface area contributed by atoms with Crippen LogP contribution in [0.25, 0.3) is 0 Å². The van der Waals surface area contributed by atoms with Crippen molar-refractivity contribution in [3.8, 4) is 5.75 Å². The van der Waals surface area contributed by atoms with E-state index in [1.165, 1.54) is 0 Å². The smallest absolute Gasteiger partial charge is 0.410 e. The zero-order valence-corrected chi connectivity index (χ0v) is 15.7. The lowest BCUT2D eigenvalue weighted by Gasteiger charge is -2.24. The van der Waals surface area contributed by atoms with Crippen LogP contribution in [0.1, 0.15) is 36.7 Å². The molecule has 0 atom stereocenters. The molecule has 2 aromatic carbocycles. The fraction of sp³-hybridized carbons (Fsp3) is 0.333. The number of benzene rings is 2.